The van der Waals surface area contributed by atoms with Crippen molar-refractivity contribution in [2.45, 2.75) is 57.7 Å². The SMILES string of the molecule is CC(C)(C)c1ccc(CN[C@@H]2C[C@H]2c2ccc(C(=O)NCc3ccccc3)cc2)cc1. The van der Waals surface area contributed by atoms with Gasteiger partial charge in [0.15, 0.2) is 0 Å². The van der Waals surface area contributed by atoms with Crippen molar-refractivity contribution in [1.82, 2.24) is 10.6 Å². The summed E-state index contributed by atoms with van der Waals surface area (Å²) in [5.74, 6) is 0.509. The van der Waals surface area contributed by atoms with Crippen molar-refractivity contribution >= 4 is 5.91 Å². The van der Waals surface area contributed by atoms with Gasteiger partial charge in [0.1, 0.15) is 0 Å². The first-order valence-electron chi connectivity index (χ1n) is 11.1. The molecular formula is C28H32N2O. The van der Waals surface area contributed by atoms with Crippen molar-refractivity contribution in [3.63, 3.8) is 0 Å². The molecule has 1 amide bonds. The summed E-state index contributed by atoms with van der Waals surface area (Å²) in [6.45, 7) is 8.17. The molecule has 0 aromatic heterocycles. The molecule has 1 aliphatic carbocycles. The van der Waals surface area contributed by atoms with E-state index in [0.29, 0.717) is 24.1 Å². The van der Waals surface area contributed by atoms with E-state index >= 15 is 0 Å². The lowest BCUT2D eigenvalue weighted by Gasteiger charge is -2.19. The summed E-state index contributed by atoms with van der Waals surface area (Å²) in [6.07, 6.45) is 1.15. The highest BCUT2D eigenvalue weighted by Gasteiger charge is 2.37. The third-order valence-corrected chi connectivity index (χ3v) is 6.08. The zero-order chi connectivity index (χ0) is 21.8. The van der Waals surface area contributed by atoms with Crippen LogP contribution in [-0.2, 0) is 18.5 Å². The Kier molecular flexibility index (Phi) is 6.24. The molecule has 160 valence electrons. The quantitative estimate of drug-likeness (QED) is 0.533. The highest BCUT2D eigenvalue weighted by Crippen LogP contribution is 2.41. The summed E-state index contributed by atoms with van der Waals surface area (Å²) in [4.78, 5) is 12.4. The zero-order valence-electron chi connectivity index (χ0n) is 18.7. The minimum absolute atomic E-state index is 0.0282. The molecule has 0 saturated heterocycles. The molecule has 0 aliphatic heterocycles. The topological polar surface area (TPSA) is 41.1 Å². The fourth-order valence-electron chi connectivity index (χ4n) is 3.92. The number of rotatable bonds is 7. The third-order valence-electron chi connectivity index (χ3n) is 6.08. The normalized spacial score (nSPS) is 17.9. The number of hydrogen-bond acceptors (Lipinski definition) is 2. The molecule has 1 fully saturated rings. The van der Waals surface area contributed by atoms with Crippen molar-refractivity contribution in [2.24, 2.45) is 0 Å². The molecule has 1 aliphatic rings. The average Bonchev–Trinajstić information content (AvgIpc) is 3.56. The first kappa shape index (κ1) is 21.3. The van der Waals surface area contributed by atoms with Crippen molar-refractivity contribution < 1.29 is 4.79 Å². The van der Waals surface area contributed by atoms with Gasteiger partial charge in [-0.3, -0.25) is 4.79 Å². The van der Waals surface area contributed by atoms with E-state index in [1.54, 1.807) is 0 Å². The third kappa shape index (κ3) is 5.62. The van der Waals surface area contributed by atoms with Crippen molar-refractivity contribution in [3.8, 4) is 0 Å². The molecule has 0 radical (unpaired) electrons. The maximum absolute atomic E-state index is 12.4. The maximum atomic E-state index is 12.4. The van der Waals surface area contributed by atoms with E-state index in [2.05, 4.69) is 67.8 Å². The summed E-state index contributed by atoms with van der Waals surface area (Å²) in [5.41, 5.74) is 6.01. The van der Waals surface area contributed by atoms with Crippen LogP contribution in [0.3, 0.4) is 0 Å². The number of carbonyl (C=O) groups is 1. The van der Waals surface area contributed by atoms with E-state index in [9.17, 15) is 4.79 Å². The maximum Gasteiger partial charge on any atom is 0.251 e. The average molecular weight is 413 g/mol. The summed E-state index contributed by atoms with van der Waals surface area (Å²) < 4.78 is 0. The van der Waals surface area contributed by atoms with Crippen LogP contribution in [-0.4, -0.2) is 11.9 Å². The van der Waals surface area contributed by atoms with Crippen LogP contribution < -0.4 is 10.6 Å². The molecule has 3 aromatic carbocycles. The second-order valence-corrected chi connectivity index (χ2v) is 9.57. The highest BCUT2D eigenvalue weighted by atomic mass is 16.1. The lowest BCUT2D eigenvalue weighted by Crippen LogP contribution is -2.22. The van der Waals surface area contributed by atoms with Crippen molar-refractivity contribution in [1.29, 1.82) is 0 Å². The first-order chi connectivity index (χ1) is 14.9. The number of amides is 1. The van der Waals surface area contributed by atoms with E-state index in [1.807, 2.05) is 42.5 Å². The van der Waals surface area contributed by atoms with Crippen LogP contribution in [0.1, 0.15) is 65.7 Å². The van der Waals surface area contributed by atoms with Gasteiger partial charge >= 0.3 is 0 Å². The Hall–Kier alpha value is -2.91. The van der Waals surface area contributed by atoms with E-state index in [0.717, 1.165) is 18.5 Å². The summed E-state index contributed by atoms with van der Waals surface area (Å²) in [6, 6.07) is 27.5. The molecule has 0 heterocycles. The molecule has 2 atom stereocenters. The molecule has 3 aromatic rings. The van der Waals surface area contributed by atoms with Gasteiger partial charge in [-0.1, -0.05) is 87.5 Å². The summed E-state index contributed by atoms with van der Waals surface area (Å²) in [5, 5.41) is 6.66. The molecule has 31 heavy (non-hydrogen) atoms. The zero-order valence-corrected chi connectivity index (χ0v) is 18.7. The minimum Gasteiger partial charge on any atom is -0.348 e. The van der Waals surface area contributed by atoms with Gasteiger partial charge in [0.25, 0.3) is 5.91 Å². The Morgan fingerprint density at radius 1 is 0.839 bits per heavy atom. The van der Waals surface area contributed by atoms with Crippen LogP contribution in [0.25, 0.3) is 0 Å². The van der Waals surface area contributed by atoms with Crippen LogP contribution in [0.15, 0.2) is 78.9 Å². The van der Waals surface area contributed by atoms with Gasteiger partial charge in [0.05, 0.1) is 0 Å². The van der Waals surface area contributed by atoms with Gasteiger partial charge in [-0.05, 0) is 46.2 Å². The predicted octanol–water partition coefficient (Wildman–Crippen LogP) is 5.56. The Morgan fingerprint density at radius 2 is 1.48 bits per heavy atom. The predicted molar refractivity (Wildman–Crippen MR) is 127 cm³/mol. The largest absolute Gasteiger partial charge is 0.348 e. The second-order valence-electron chi connectivity index (χ2n) is 9.57. The van der Waals surface area contributed by atoms with Gasteiger partial charge in [0.2, 0.25) is 0 Å². The van der Waals surface area contributed by atoms with Crippen molar-refractivity contribution in [3.05, 3.63) is 107 Å². The molecule has 1 saturated carbocycles. The Morgan fingerprint density at radius 3 is 2.13 bits per heavy atom. The first-order valence-corrected chi connectivity index (χ1v) is 11.1. The van der Waals surface area contributed by atoms with Gasteiger partial charge in [-0.15, -0.1) is 0 Å². The molecular weight excluding hydrogens is 380 g/mol. The van der Waals surface area contributed by atoms with E-state index in [1.165, 1.54) is 16.7 Å². The van der Waals surface area contributed by atoms with Crippen LogP contribution in [0.4, 0.5) is 0 Å². The molecule has 0 bridgehead atoms. The summed E-state index contributed by atoms with van der Waals surface area (Å²) >= 11 is 0. The molecule has 0 unspecified atom stereocenters. The molecule has 2 N–H and O–H groups in total. The smallest absolute Gasteiger partial charge is 0.251 e. The van der Waals surface area contributed by atoms with Crippen LogP contribution >= 0.6 is 0 Å². The minimum atomic E-state index is -0.0282. The van der Waals surface area contributed by atoms with E-state index < -0.39 is 0 Å². The monoisotopic (exact) mass is 412 g/mol. The Balaban J connectivity index is 1.25. The Labute approximate surface area is 185 Å². The van der Waals surface area contributed by atoms with Crippen LogP contribution in [0.2, 0.25) is 0 Å². The molecule has 4 rings (SSSR count). The highest BCUT2D eigenvalue weighted by molar-refractivity contribution is 5.94. The number of carbonyl (C=O) groups excluding carboxylic acids is 1. The molecule has 0 spiro atoms. The molecule has 3 heteroatoms. The van der Waals surface area contributed by atoms with Crippen LogP contribution in [0, 0.1) is 0 Å². The fourth-order valence-corrected chi connectivity index (χ4v) is 3.92. The standard InChI is InChI=1S/C28H32N2O/c1-28(2,3)24-15-9-21(10-16-24)18-29-26-17-25(26)22-11-13-23(14-12-22)27(31)30-19-20-7-5-4-6-8-20/h4-16,25-26,29H,17-19H2,1-3H3,(H,30,31)/t25-,26+/m0/s1. The fraction of sp³-hybridized carbons (Fsp3) is 0.321. The lowest BCUT2D eigenvalue weighted by atomic mass is 9.87. The van der Waals surface area contributed by atoms with Gasteiger partial charge in [-0.2, -0.15) is 0 Å². The number of hydrogen-bond donors (Lipinski definition) is 2. The molecule has 3 nitrogen and oxygen atoms in total. The van der Waals surface area contributed by atoms with Gasteiger partial charge in [0, 0.05) is 30.6 Å². The van der Waals surface area contributed by atoms with Crippen LogP contribution in [0.5, 0.6) is 0 Å². The van der Waals surface area contributed by atoms with E-state index in [-0.39, 0.29) is 11.3 Å². The number of nitrogens with one attached hydrogen (secondary N) is 2. The lowest BCUT2D eigenvalue weighted by molar-refractivity contribution is 0.0951. The summed E-state index contributed by atoms with van der Waals surface area (Å²) in [7, 11) is 0. The van der Waals surface area contributed by atoms with E-state index in [4.69, 9.17) is 0 Å². The van der Waals surface area contributed by atoms with Crippen molar-refractivity contribution in [2.75, 3.05) is 0 Å². The second kappa shape index (κ2) is 9.07. The van der Waals surface area contributed by atoms with Gasteiger partial charge < -0.3 is 10.6 Å². The van der Waals surface area contributed by atoms with Gasteiger partial charge in [-0.25, -0.2) is 0 Å². The number of benzene rings is 3. The Bertz CT molecular complexity index is 1000.